The lowest BCUT2D eigenvalue weighted by molar-refractivity contribution is 1.44. The van der Waals surface area contributed by atoms with Gasteiger partial charge < -0.3 is 0 Å². The van der Waals surface area contributed by atoms with E-state index >= 15 is 0 Å². The normalized spacial score (nSPS) is 12.5. The number of rotatable bonds is 4. The molecule has 1 aliphatic rings. The second-order valence-electron chi connectivity index (χ2n) is 15.8. The molecule has 59 heavy (non-hydrogen) atoms. The van der Waals surface area contributed by atoms with Crippen molar-refractivity contribution in [1.29, 1.82) is 0 Å². The molecule has 0 bridgehead atoms. The topological polar surface area (TPSA) is 0 Å². The molecule has 0 nitrogen and oxygen atoms in total. The lowest BCUT2D eigenvalue weighted by Crippen LogP contribution is -1.95. The molecule has 0 saturated heterocycles. The van der Waals surface area contributed by atoms with Gasteiger partial charge in [0.1, 0.15) is 0 Å². The Hall–Kier alpha value is -7.54. The molecular weight excluding hydrogens is 709 g/mol. The second-order valence-corrected chi connectivity index (χ2v) is 15.8. The zero-order valence-corrected chi connectivity index (χ0v) is 32.5. The summed E-state index contributed by atoms with van der Waals surface area (Å²) in [4.78, 5) is 0. The predicted molar refractivity (Wildman–Crippen MR) is 256 cm³/mol. The van der Waals surface area contributed by atoms with E-state index in [1.807, 2.05) is 0 Å². The van der Waals surface area contributed by atoms with Crippen molar-refractivity contribution in [3.05, 3.63) is 217 Å². The zero-order valence-electron chi connectivity index (χ0n) is 32.5. The first kappa shape index (κ1) is 33.6. The van der Waals surface area contributed by atoms with Gasteiger partial charge in [0.25, 0.3) is 0 Å². The summed E-state index contributed by atoms with van der Waals surface area (Å²) in [6.07, 6.45) is 10.1. The minimum Gasteiger partial charge on any atom is -0.0801 e. The highest BCUT2D eigenvalue weighted by Crippen LogP contribution is 2.50. The van der Waals surface area contributed by atoms with Gasteiger partial charge in [-0.2, -0.15) is 0 Å². The molecule has 11 aromatic carbocycles. The second kappa shape index (κ2) is 13.5. The largest absolute Gasteiger partial charge is 0.0801 e. The van der Waals surface area contributed by atoms with E-state index in [2.05, 4.69) is 218 Å². The van der Waals surface area contributed by atoms with Gasteiger partial charge in [0.15, 0.2) is 0 Å². The highest BCUT2D eigenvalue weighted by atomic mass is 14.3. The van der Waals surface area contributed by atoms with Gasteiger partial charge in [0.05, 0.1) is 0 Å². The Morgan fingerprint density at radius 1 is 0.271 bits per heavy atom. The molecule has 274 valence electrons. The highest BCUT2D eigenvalue weighted by molar-refractivity contribution is 6.27. The standard InChI is InChI=1S/C59H38/c1-2-17-38-20-16-34-47(42(38)23-3-1)59-53-31-13-12-30-52(53)58(46-33-15-22-40-19-5-7-25-44(40)46)54-36-35-41(37-55(54)59)56-48-26-8-10-28-50(48)57(51-29-11-9-27-49(51)56)45-32-14-21-39-18-4-6-24-43(39)45/h2-37H,1H2. The molecule has 0 heterocycles. The molecule has 12 rings (SSSR count). The van der Waals surface area contributed by atoms with E-state index in [0.29, 0.717) is 0 Å². The molecule has 0 N–H and O–H groups in total. The summed E-state index contributed by atoms with van der Waals surface area (Å²) in [5.74, 6) is 0. The van der Waals surface area contributed by atoms with Gasteiger partial charge in [-0.15, -0.1) is 0 Å². The van der Waals surface area contributed by atoms with Crippen molar-refractivity contribution < 1.29 is 0 Å². The van der Waals surface area contributed by atoms with E-state index in [4.69, 9.17) is 0 Å². The molecule has 0 fully saturated rings. The van der Waals surface area contributed by atoms with Crippen molar-refractivity contribution in [3.63, 3.8) is 0 Å². The van der Waals surface area contributed by atoms with Crippen LogP contribution in [0.4, 0.5) is 0 Å². The number of allylic oxidation sites excluding steroid dienone is 2. The number of hydrogen-bond donors (Lipinski definition) is 0. The third-order valence-corrected chi connectivity index (χ3v) is 12.6. The predicted octanol–water partition coefficient (Wildman–Crippen LogP) is 16.7. The highest BCUT2D eigenvalue weighted by Gasteiger charge is 2.23. The Labute approximate surface area is 343 Å². The smallest absolute Gasteiger partial charge is 0.00199 e. The first-order chi connectivity index (χ1) is 29.3. The van der Waals surface area contributed by atoms with Crippen LogP contribution in [0.5, 0.6) is 0 Å². The molecule has 0 heteroatoms. The van der Waals surface area contributed by atoms with Crippen LogP contribution in [-0.4, -0.2) is 0 Å². The SMILES string of the molecule is C1=Cc2cccc(-c3c4ccccc4c(-c4cccc5ccccc45)c4ccc(-c5c6ccccc6c(-c6cccc7ccccc67)c6ccccc56)cc34)c2C=CC1. The summed E-state index contributed by atoms with van der Waals surface area (Å²) < 4.78 is 0. The monoisotopic (exact) mass is 746 g/mol. The van der Waals surface area contributed by atoms with Crippen LogP contribution in [-0.2, 0) is 0 Å². The molecule has 0 saturated carbocycles. The van der Waals surface area contributed by atoms with Crippen molar-refractivity contribution >= 4 is 76.8 Å². The van der Waals surface area contributed by atoms with Crippen molar-refractivity contribution in [2.75, 3.05) is 0 Å². The lowest BCUT2D eigenvalue weighted by Gasteiger charge is -2.22. The third-order valence-electron chi connectivity index (χ3n) is 12.6. The zero-order chi connectivity index (χ0) is 38.9. The van der Waals surface area contributed by atoms with Crippen molar-refractivity contribution in [2.45, 2.75) is 6.42 Å². The maximum atomic E-state index is 2.51. The van der Waals surface area contributed by atoms with Crippen molar-refractivity contribution in [1.82, 2.24) is 0 Å². The summed E-state index contributed by atoms with van der Waals surface area (Å²) in [5.41, 5.74) is 12.6. The van der Waals surface area contributed by atoms with Crippen LogP contribution in [0.25, 0.3) is 121 Å². The van der Waals surface area contributed by atoms with Gasteiger partial charge in [0, 0.05) is 0 Å². The Morgan fingerprint density at radius 3 is 1.24 bits per heavy atom. The van der Waals surface area contributed by atoms with Crippen molar-refractivity contribution in [2.24, 2.45) is 0 Å². The van der Waals surface area contributed by atoms with Crippen LogP contribution in [0, 0.1) is 0 Å². The fourth-order valence-corrected chi connectivity index (χ4v) is 10.1. The molecule has 0 atom stereocenters. The minimum absolute atomic E-state index is 0.925. The van der Waals surface area contributed by atoms with Gasteiger partial charge in [-0.3, -0.25) is 0 Å². The fourth-order valence-electron chi connectivity index (χ4n) is 10.1. The van der Waals surface area contributed by atoms with E-state index < -0.39 is 0 Å². The number of fused-ring (bicyclic) bond motifs is 7. The molecule has 11 aromatic rings. The maximum Gasteiger partial charge on any atom is -0.00199 e. The molecule has 0 aliphatic heterocycles. The Balaban J connectivity index is 1.24. The van der Waals surface area contributed by atoms with Crippen LogP contribution >= 0.6 is 0 Å². The lowest BCUT2D eigenvalue weighted by atomic mass is 9.81. The van der Waals surface area contributed by atoms with Gasteiger partial charge in [0.2, 0.25) is 0 Å². The summed E-state index contributed by atoms with van der Waals surface area (Å²) in [6.45, 7) is 0. The Bertz CT molecular complexity index is 3510. The Kier molecular flexibility index (Phi) is 7.71. The van der Waals surface area contributed by atoms with Gasteiger partial charge in [-0.25, -0.2) is 0 Å². The third kappa shape index (κ3) is 5.23. The molecule has 0 radical (unpaired) electrons. The molecule has 0 amide bonds. The van der Waals surface area contributed by atoms with Gasteiger partial charge in [-0.05, 0) is 133 Å². The van der Waals surface area contributed by atoms with Crippen molar-refractivity contribution in [3.8, 4) is 44.5 Å². The molecular formula is C59H38. The van der Waals surface area contributed by atoms with Crippen LogP contribution in [0.15, 0.2) is 206 Å². The van der Waals surface area contributed by atoms with Crippen LogP contribution in [0.2, 0.25) is 0 Å². The van der Waals surface area contributed by atoms with E-state index in [0.717, 1.165) is 6.42 Å². The summed E-state index contributed by atoms with van der Waals surface area (Å²) in [7, 11) is 0. The first-order valence-electron chi connectivity index (χ1n) is 20.7. The van der Waals surface area contributed by atoms with E-state index in [-0.39, 0.29) is 0 Å². The van der Waals surface area contributed by atoms with E-state index in [1.165, 1.54) is 120 Å². The molecule has 0 aromatic heterocycles. The van der Waals surface area contributed by atoms with Gasteiger partial charge >= 0.3 is 0 Å². The summed E-state index contributed by atoms with van der Waals surface area (Å²) in [5, 5.41) is 15.1. The first-order valence-corrected chi connectivity index (χ1v) is 20.7. The van der Waals surface area contributed by atoms with Crippen LogP contribution in [0.1, 0.15) is 17.5 Å². The molecule has 0 spiro atoms. The van der Waals surface area contributed by atoms with E-state index in [9.17, 15) is 0 Å². The van der Waals surface area contributed by atoms with Crippen LogP contribution in [0.3, 0.4) is 0 Å². The molecule has 0 unspecified atom stereocenters. The summed E-state index contributed by atoms with van der Waals surface area (Å²) >= 11 is 0. The average Bonchev–Trinajstić information content (AvgIpc) is 3.56. The van der Waals surface area contributed by atoms with E-state index in [1.54, 1.807) is 0 Å². The number of benzene rings is 11. The molecule has 1 aliphatic carbocycles. The minimum atomic E-state index is 0.925. The van der Waals surface area contributed by atoms with Crippen LogP contribution < -0.4 is 0 Å². The average molecular weight is 747 g/mol. The quantitative estimate of drug-likeness (QED) is 0.157. The fraction of sp³-hybridized carbons (Fsp3) is 0.0169. The summed E-state index contributed by atoms with van der Waals surface area (Å²) in [6, 6.07) is 72.3. The Morgan fingerprint density at radius 2 is 0.678 bits per heavy atom. The van der Waals surface area contributed by atoms with Gasteiger partial charge in [-0.1, -0.05) is 212 Å². The maximum absolute atomic E-state index is 2.51. The number of hydrogen-bond acceptors (Lipinski definition) is 0.